The molecule has 0 amide bonds. The third kappa shape index (κ3) is 17.3. The highest BCUT2D eigenvalue weighted by molar-refractivity contribution is 5.84. The van der Waals surface area contributed by atoms with Gasteiger partial charge in [-0.05, 0) is 13.3 Å². The molecule has 4 heteroatoms. The van der Waals surface area contributed by atoms with Crippen molar-refractivity contribution in [3.05, 3.63) is 12.2 Å². The Labute approximate surface area is 85.2 Å². The molecule has 0 saturated heterocycles. The monoisotopic (exact) mass is 204 g/mol. The molecule has 0 aromatic rings. The van der Waals surface area contributed by atoms with E-state index in [0.29, 0.717) is 6.61 Å². The Balaban J connectivity index is 0. The third-order valence-electron chi connectivity index (χ3n) is 1.24. The van der Waals surface area contributed by atoms with E-state index >= 15 is 0 Å². The van der Waals surface area contributed by atoms with E-state index in [0.717, 1.165) is 19.4 Å². The number of carboxylic acid groups (broad SMARTS) is 1. The molecule has 0 spiro atoms. The van der Waals surface area contributed by atoms with E-state index in [2.05, 4.69) is 13.5 Å². The minimum atomic E-state index is -0.935. The van der Waals surface area contributed by atoms with Crippen molar-refractivity contribution in [2.45, 2.75) is 26.7 Å². The van der Waals surface area contributed by atoms with Gasteiger partial charge in [-0.15, -0.1) is 0 Å². The van der Waals surface area contributed by atoms with Crippen LogP contribution in [0.2, 0.25) is 0 Å². The molecule has 0 aliphatic heterocycles. The van der Waals surface area contributed by atoms with Gasteiger partial charge in [0.1, 0.15) is 0 Å². The third-order valence-corrected chi connectivity index (χ3v) is 1.24. The molecule has 0 aliphatic carbocycles. The molecule has 0 radical (unpaired) electrons. The first-order valence-corrected chi connectivity index (χ1v) is 4.63. The summed E-state index contributed by atoms with van der Waals surface area (Å²) in [6, 6.07) is 0. The molecule has 0 aromatic carbocycles. The summed E-state index contributed by atoms with van der Waals surface area (Å²) in [5.74, 6) is -0.935. The first-order chi connectivity index (χ1) is 6.56. The van der Waals surface area contributed by atoms with E-state index in [9.17, 15) is 4.79 Å². The molecular weight excluding hydrogens is 184 g/mol. The number of aliphatic hydroxyl groups excluding tert-OH is 1. The molecule has 0 bridgehead atoms. The molecule has 0 atom stereocenters. The Bertz CT molecular complexity index is 136. The summed E-state index contributed by atoms with van der Waals surface area (Å²) in [6.07, 6.45) is 2.26. The van der Waals surface area contributed by atoms with Crippen LogP contribution >= 0.6 is 0 Å². The second-order valence-corrected chi connectivity index (χ2v) is 2.78. The molecule has 0 fully saturated rings. The number of aliphatic carboxylic acids is 1. The number of ether oxygens (including phenoxy) is 1. The zero-order chi connectivity index (χ0) is 11.4. The van der Waals surface area contributed by atoms with Crippen molar-refractivity contribution >= 4 is 5.97 Å². The van der Waals surface area contributed by atoms with Crippen molar-refractivity contribution in [1.82, 2.24) is 0 Å². The number of rotatable bonds is 6. The van der Waals surface area contributed by atoms with Crippen molar-refractivity contribution in [2.24, 2.45) is 0 Å². The van der Waals surface area contributed by atoms with Crippen molar-refractivity contribution in [2.75, 3.05) is 19.8 Å². The average molecular weight is 204 g/mol. The van der Waals surface area contributed by atoms with Gasteiger partial charge in [0.25, 0.3) is 0 Å². The first kappa shape index (κ1) is 15.6. The molecule has 2 N–H and O–H groups in total. The number of carbonyl (C=O) groups is 1. The molecule has 4 nitrogen and oxygen atoms in total. The van der Waals surface area contributed by atoms with E-state index in [-0.39, 0.29) is 12.2 Å². The number of unbranched alkanes of at least 4 members (excludes halogenated alkanes) is 1. The summed E-state index contributed by atoms with van der Waals surface area (Å²) in [4.78, 5) is 9.60. The first-order valence-electron chi connectivity index (χ1n) is 4.63. The van der Waals surface area contributed by atoms with Gasteiger partial charge < -0.3 is 14.9 Å². The maximum atomic E-state index is 9.60. The van der Waals surface area contributed by atoms with Gasteiger partial charge in [0.2, 0.25) is 0 Å². The summed E-state index contributed by atoms with van der Waals surface area (Å²) in [5, 5.41) is 16.1. The Morgan fingerprint density at radius 1 is 1.43 bits per heavy atom. The lowest BCUT2D eigenvalue weighted by Gasteiger charge is -1.97. The lowest BCUT2D eigenvalue weighted by Crippen LogP contribution is -1.99. The number of carboxylic acids is 1. The summed E-state index contributed by atoms with van der Waals surface area (Å²) < 4.78 is 4.97. The number of hydrogen-bond donors (Lipinski definition) is 2. The maximum absolute atomic E-state index is 9.60. The lowest BCUT2D eigenvalue weighted by atomic mass is 10.4. The molecular formula is C10H20O4. The predicted octanol–water partition coefficient (Wildman–Crippen LogP) is 1.44. The Hall–Kier alpha value is -0.870. The molecule has 0 unspecified atom stereocenters. The predicted molar refractivity (Wildman–Crippen MR) is 55.3 cm³/mol. The Kier molecular flexibility index (Phi) is 13.5. The molecule has 84 valence electrons. The normalized spacial score (nSPS) is 8.79. The van der Waals surface area contributed by atoms with Crippen LogP contribution in [0.4, 0.5) is 0 Å². The van der Waals surface area contributed by atoms with Crippen LogP contribution in [0.15, 0.2) is 12.2 Å². The van der Waals surface area contributed by atoms with Crippen LogP contribution in [0.5, 0.6) is 0 Å². The zero-order valence-corrected chi connectivity index (χ0v) is 8.95. The van der Waals surface area contributed by atoms with E-state index < -0.39 is 5.97 Å². The summed E-state index contributed by atoms with van der Waals surface area (Å²) in [6.45, 7) is 8.13. The average Bonchev–Trinajstić information content (AvgIpc) is 2.13. The van der Waals surface area contributed by atoms with Gasteiger partial charge in [-0.2, -0.15) is 0 Å². The lowest BCUT2D eigenvalue weighted by molar-refractivity contribution is -0.132. The van der Waals surface area contributed by atoms with Gasteiger partial charge in [-0.3, -0.25) is 0 Å². The molecule has 0 aromatic heterocycles. The van der Waals surface area contributed by atoms with Gasteiger partial charge in [0.15, 0.2) is 0 Å². The summed E-state index contributed by atoms with van der Waals surface area (Å²) >= 11 is 0. The number of hydrogen-bond acceptors (Lipinski definition) is 3. The highest BCUT2D eigenvalue weighted by Gasteiger charge is 1.90. The largest absolute Gasteiger partial charge is 0.478 e. The smallest absolute Gasteiger partial charge is 0.330 e. The second-order valence-electron chi connectivity index (χ2n) is 2.78. The van der Waals surface area contributed by atoms with E-state index in [1.165, 1.54) is 6.92 Å². The van der Waals surface area contributed by atoms with E-state index in [4.69, 9.17) is 14.9 Å². The summed E-state index contributed by atoms with van der Waals surface area (Å²) in [5.41, 5.74) is 0.176. The fourth-order valence-electron chi connectivity index (χ4n) is 0.413. The van der Waals surface area contributed by atoms with Crippen molar-refractivity contribution < 1.29 is 19.7 Å². The minimum absolute atomic E-state index is 0.143. The van der Waals surface area contributed by atoms with Crippen LogP contribution in [0.3, 0.4) is 0 Å². The van der Waals surface area contributed by atoms with Crippen LogP contribution < -0.4 is 0 Å². The van der Waals surface area contributed by atoms with Crippen LogP contribution in [0, 0.1) is 0 Å². The number of aliphatic hydroxyl groups is 1. The molecule has 0 heterocycles. The van der Waals surface area contributed by atoms with Crippen LogP contribution in [0.1, 0.15) is 26.7 Å². The van der Waals surface area contributed by atoms with Crippen LogP contribution in [0.25, 0.3) is 0 Å². The second kappa shape index (κ2) is 12.1. The van der Waals surface area contributed by atoms with E-state index in [1.807, 2.05) is 0 Å². The maximum Gasteiger partial charge on any atom is 0.330 e. The Morgan fingerprint density at radius 3 is 2.21 bits per heavy atom. The summed E-state index contributed by atoms with van der Waals surface area (Å²) in [7, 11) is 0. The molecule has 0 aliphatic rings. The van der Waals surface area contributed by atoms with Crippen LogP contribution in [-0.2, 0) is 9.53 Å². The van der Waals surface area contributed by atoms with Gasteiger partial charge >= 0.3 is 5.97 Å². The topological polar surface area (TPSA) is 66.8 Å². The minimum Gasteiger partial charge on any atom is -0.478 e. The van der Waals surface area contributed by atoms with E-state index in [1.54, 1.807) is 0 Å². The quantitative estimate of drug-likeness (QED) is 0.507. The zero-order valence-electron chi connectivity index (χ0n) is 8.95. The fraction of sp³-hybridized carbons (Fsp3) is 0.700. The van der Waals surface area contributed by atoms with Crippen molar-refractivity contribution in [1.29, 1.82) is 0 Å². The van der Waals surface area contributed by atoms with Crippen LogP contribution in [-0.4, -0.2) is 36.0 Å². The SMILES string of the molecule is C=C(C)C(=O)O.CCCCOCCO. The highest BCUT2D eigenvalue weighted by atomic mass is 16.5. The molecule has 0 saturated carbocycles. The van der Waals surface area contributed by atoms with Gasteiger partial charge in [-0.25, -0.2) is 4.79 Å². The van der Waals surface area contributed by atoms with Crippen molar-refractivity contribution in [3.8, 4) is 0 Å². The van der Waals surface area contributed by atoms with Gasteiger partial charge in [0, 0.05) is 12.2 Å². The fourth-order valence-corrected chi connectivity index (χ4v) is 0.413. The Morgan fingerprint density at radius 2 is 1.93 bits per heavy atom. The van der Waals surface area contributed by atoms with Crippen molar-refractivity contribution in [3.63, 3.8) is 0 Å². The molecule has 0 rings (SSSR count). The van der Waals surface area contributed by atoms with Gasteiger partial charge in [-0.1, -0.05) is 19.9 Å². The van der Waals surface area contributed by atoms with Gasteiger partial charge in [0.05, 0.1) is 13.2 Å². The standard InChI is InChI=1S/C6H14O2.C4H6O2/c1-2-3-5-8-6-4-7;1-3(2)4(5)6/h7H,2-6H2,1H3;1H2,2H3,(H,5,6). The molecule has 14 heavy (non-hydrogen) atoms. The highest BCUT2D eigenvalue weighted by Crippen LogP contribution is 1.85.